The summed E-state index contributed by atoms with van der Waals surface area (Å²) in [4.78, 5) is 12.5. The number of rotatable bonds is 2. The normalized spacial score (nSPS) is 21.4. The molecule has 0 amide bonds. The van der Waals surface area contributed by atoms with Crippen molar-refractivity contribution in [1.82, 2.24) is 9.97 Å². The fraction of sp³-hybridized carbons (Fsp3) is 0.368. The van der Waals surface area contributed by atoms with Crippen LogP contribution < -0.4 is 4.90 Å². The highest BCUT2D eigenvalue weighted by Crippen LogP contribution is 2.38. The Morgan fingerprint density at radius 1 is 1.08 bits per heavy atom. The number of aromatic nitrogens is 2. The Bertz CT molecular complexity index is 849. The summed E-state index contributed by atoms with van der Waals surface area (Å²) in [5.41, 5.74) is 3.71. The van der Waals surface area contributed by atoms with Gasteiger partial charge in [0.05, 0.1) is 17.6 Å². The maximum absolute atomic E-state index is 5.88. The third kappa shape index (κ3) is 2.78. The zero-order chi connectivity index (χ0) is 16.7. The first-order valence-corrected chi connectivity index (χ1v) is 9.19. The first kappa shape index (κ1) is 15.5. The number of hydrogen-bond acceptors (Lipinski definition) is 5. The second-order valence-corrected chi connectivity index (χ2v) is 7.41. The summed E-state index contributed by atoms with van der Waals surface area (Å²) in [6.07, 6.45) is 2.10. The lowest BCUT2D eigenvalue weighted by molar-refractivity contribution is -0.00537. The first-order valence-electron chi connectivity index (χ1n) is 8.31. The molecule has 2 aromatic heterocycles. The topological polar surface area (TPSA) is 38.2 Å². The zero-order valence-electron chi connectivity index (χ0n) is 14.2. The molecule has 0 radical (unpaired) electrons. The van der Waals surface area contributed by atoms with Gasteiger partial charge >= 0.3 is 0 Å². The highest BCUT2D eigenvalue weighted by molar-refractivity contribution is 7.17. The molecule has 4 nitrogen and oxygen atoms in total. The second kappa shape index (κ2) is 6.15. The van der Waals surface area contributed by atoms with Gasteiger partial charge in [0.25, 0.3) is 0 Å². The van der Waals surface area contributed by atoms with Gasteiger partial charge in [-0.15, -0.1) is 11.3 Å². The van der Waals surface area contributed by atoms with Gasteiger partial charge in [-0.25, -0.2) is 9.97 Å². The van der Waals surface area contributed by atoms with E-state index >= 15 is 0 Å². The minimum atomic E-state index is 0.209. The molecule has 1 fully saturated rings. The Kier molecular flexibility index (Phi) is 3.98. The summed E-state index contributed by atoms with van der Waals surface area (Å²) >= 11 is 1.68. The van der Waals surface area contributed by atoms with Crippen molar-refractivity contribution in [2.24, 2.45) is 0 Å². The van der Waals surface area contributed by atoms with E-state index in [-0.39, 0.29) is 12.2 Å². The SMILES string of the molecule is Cc1ccc(-c2csc3ncnc(N4C[C@@H](C)O[C@H](C)C4)c23)cc1. The molecule has 1 aliphatic heterocycles. The molecule has 0 aliphatic carbocycles. The van der Waals surface area contributed by atoms with Crippen molar-refractivity contribution in [3.63, 3.8) is 0 Å². The molecule has 3 heterocycles. The molecule has 3 aromatic rings. The Morgan fingerprint density at radius 2 is 1.79 bits per heavy atom. The molecule has 1 saturated heterocycles. The van der Waals surface area contributed by atoms with E-state index in [4.69, 9.17) is 4.74 Å². The molecule has 0 spiro atoms. The third-order valence-corrected chi connectivity index (χ3v) is 5.32. The first-order chi connectivity index (χ1) is 11.6. The van der Waals surface area contributed by atoms with Crippen molar-refractivity contribution < 1.29 is 4.74 Å². The summed E-state index contributed by atoms with van der Waals surface area (Å²) in [6.45, 7) is 8.07. The summed E-state index contributed by atoms with van der Waals surface area (Å²) < 4.78 is 5.88. The van der Waals surface area contributed by atoms with Gasteiger partial charge in [0, 0.05) is 24.0 Å². The van der Waals surface area contributed by atoms with E-state index in [2.05, 4.69) is 65.3 Å². The minimum Gasteiger partial charge on any atom is -0.372 e. The van der Waals surface area contributed by atoms with E-state index in [0.29, 0.717) is 0 Å². The van der Waals surface area contributed by atoms with Crippen LogP contribution in [0.25, 0.3) is 21.3 Å². The smallest absolute Gasteiger partial charge is 0.141 e. The number of morpholine rings is 1. The van der Waals surface area contributed by atoms with Crippen molar-refractivity contribution in [2.75, 3.05) is 18.0 Å². The lowest BCUT2D eigenvalue weighted by Crippen LogP contribution is -2.45. The molecule has 124 valence electrons. The third-order valence-electron chi connectivity index (χ3n) is 4.43. The molecule has 5 heteroatoms. The van der Waals surface area contributed by atoms with Crippen LogP contribution in [-0.4, -0.2) is 35.3 Å². The van der Waals surface area contributed by atoms with Crippen LogP contribution in [0.3, 0.4) is 0 Å². The standard InChI is InChI=1S/C19H21N3OS/c1-12-4-6-15(7-5-12)16-10-24-19-17(16)18(20-11-21-19)22-8-13(2)23-14(3)9-22/h4-7,10-11,13-14H,8-9H2,1-3H3/t13-,14-/m1/s1. The molecule has 0 bridgehead atoms. The zero-order valence-corrected chi connectivity index (χ0v) is 15.0. The van der Waals surface area contributed by atoms with E-state index in [9.17, 15) is 0 Å². The molecular weight excluding hydrogens is 318 g/mol. The summed E-state index contributed by atoms with van der Waals surface area (Å²) in [6, 6.07) is 8.67. The van der Waals surface area contributed by atoms with Crippen LogP contribution in [0.4, 0.5) is 5.82 Å². The van der Waals surface area contributed by atoms with E-state index in [1.165, 1.54) is 16.7 Å². The number of fused-ring (bicyclic) bond motifs is 1. The number of benzene rings is 1. The molecule has 0 saturated carbocycles. The Morgan fingerprint density at radius 3 is 2.50 bits per heavy atom. The Hall–Kier alpha value is -1.98. The van der Waals surface area contributed by atoms with Gasteiger partial charge in [0.15, 0.2) is 0 Å². The molecule has 0 unspecified atom stereocenters. The monoisotopic (exact) mass is 339 g/mol. The Labute approximate surface area is 146 Å². The van der Waals surface area contributed by atoms with Gasteiger partial charge in [-0.3, -0.25) is 0 Å². The largest absolute Gasteiger partial charge is 0.372 e. The van der Waals surface area contributed by atoms with Crippen LogP contribution in [0, 0.1) is 6.92 Å². The molecular formula is C19H21N3OS. The van der Waals surface area contributed by atoms with Crippen molar-refractivity contribution >= 4 is 27.4 Å². The fourth-order valence-electron chi connectivity index (χ4n) is 3.40. The second-order valence-electron chi connectivity index (χ2n) is 6.56. The maximum atomic E-state index is 5.88. The maximum Gasteiger partial charge on any atom is 0.141 e. The highest BCUT2D eigenvalue weighted by atomic mass is 32.1. The predicted molar refractivity (Wildman–Crippen MR) is 99.8 cm³/mol. The van der Waals surface area contributed by atoms with Crippen molar-refractivity contribution in [3.05, 3.63) is 41.5 Å². The van der Waals surface area contributed by atoms with Crippen LogP contribution in [0.1, 0.15) is 19.4 Å². The van der Waals surface area contributed by atoms with Gasteiger partial charge in [-0.1, -0.05) is 29.8 Å². The number of aryl methyl sites for hydroxylation is 1. The van der Waals surface area contributed by atoms with E-state index in [1.54, 1.807) is 17.7 Å². The van der Waals surface area contributed by atoms with Crippen molar-refractivity contribution in [3.8, 4) is 11.1 Å². The van der Waals surface area contributed by atoms with Gasteiger partial charge in [-0.05, 0) is 26.3 Å². The van der Waals surface area contributed by atoms with Crippen LogP contribution in [0.5, 0.6) is 0 Å². The van der Waals surface area contributed by atoms with Crippen LogP contribution in [0.15, 0.2) is 36.0 Å². The highest BCUT2D eigenvalue weighted by Gasteiger charge is 2.26. The molecule has 1 aromatic carbocycles. The van der Waals surface area contributed by atoms with E-state index < -0.39 is 0 Å². The predicted octanol–water partition coefficient (Wildman–Crippen LogP) is 4.28. The fourth-order valence-corrected chi connectivity index (χ4v) is 4.31. The lowest BCUT2D eigenvalue weighted by Gasteiger charge is -2.36. The minimum absolute atomic E-state index is 0.209. The average molecular weight is 339 g/mol. The number of thiophene rings is 1. The van der Waals surface area contributed by atoms with Gasteiger partial charge in [-0.2, -0.15) is 0 Å². The number of hydrogen-bond donors (Lipinski definition) is 0. The van der Waals surface area contributed by atoms with Gasteiger partial charge in [0.2, 0.25) is 0 Å². The lowest BCUT2D eigenvalue weighted by atomic mass is 10.0. The summed E-state index contributed by atoms with van der Waals surface area (Å²) in [5, 5.41) is 3.36. The Balaban J connectivity index is 1.84. The van der Waals surface area contributed by atoms with Gasteiger partial charge in [0.1, 0.15) is 17.0 Å². The molecule has 0 N–H and O–H groups in total. The summed E-state index contributed by atoms with van der Waals surface area (Å²) in [7, 11) is 0. The molecule has 4 rings (SSSR count). The van der Waals surface area contributed by atoms with Crippen LogP contribution >= 0.6 is 11.3 Å². The van der Waals surface area contributed by atoms with Crippen molar-refractivity contribution in [2.45, 2.75) is 33.0 Å². The summed E-state index contributed by atoms with van der Waals surface area (Å²) in [5.74, 6) is 1.03. The van der Waals surface area contributed by atoms with E-state index in [1.807, 2.05) is 0 Å². The molecule has 24 heavy (non-hydrogen) atoms. The quantitative estimate of drug-likeness (QED) is 0.698. The molecule has 1 aliphatic rings. The number of nitrogens with zero attached hydrogens (tertiary/aromatic N) is 3. The van der Waals surface area contributed by atoms with Crippen LogP contribution in [0.2, 0.25) is 0 Å². The number of ether oxygens (including phenoxy) is 1. The van der Waals surface area contributed by atoms with Crippen LogP contribution in [-0.2, 0) is 4.74 Å². The van der Waals surface area contributed by atoms with Gasteiger partial charge < -0.3 is 9.64 Å². The molecule has 2 atom stereocenters. The number of anilines is 1. The van der Waals surface area contributed by atoms with E-state index in [0.717, 1.165) is 29.1 Å². The average Bonchev–Trinajstić information content (AvgIpc) is 2.99. The van der Waals surface area contributed by atoms with Crippen molar-refractivity contribution in [1.29, 1.82) is 0 Å².